The Kier molecular flexibility index (Phi) is 5.92. The molecule has 0 saturated carbocycles. The summed E-state index contributed by atoms with van der Waals surface area (Å²) >= 11 is 6.07. The molecule has 12 heteroatoms. The number of aromatic nitrogens is 2. The van der Waals surface area contributed by atoms with Crippen LogP contribution in [-0.4, -0.2) is 64.8 Å². The molecular formula is C17H20ClN5O5S. The van der Waals surface area contributed by atoms with Crippen LogP contribution in [0.2, 0.25) is 5.02 Å². The van der Waals surface area contributed by atoms with Crippen molar-refractivity contribution in [1.29, 1.82) is 0 Å². The van der Waals surface area contributed by atoms with Crippen molar-refractivity contribution in [2.75, 3.05) is 26.2 Å². The number of rotatable bonds is 4. The molecule has 1 aliphatic heterocycles. The minimum atomic E-state index is -3.76. The lowest BCUT2D eigenvalue weighted by Crippen LogP contribution is -2.37. The van der Waals surface area contributed by atoms with Gasteiger partial charge in [0.05, 0.1) is 26.9 Å². The van der Waals surface area contributed by atoms with Crippen LogP contribution < -0.4 is 0 Å². The Labute approximate surface area is 172 Å². The molecule has 1 saturated heterocycles. The van der Waals surface area contributed by atoms with E-state index in [1.807, 2.05) is 0 Å². The Hall–Kier alpha value is -2.50. The smallest absolute Gasteiger partial charge is 0.270 e. The van der Waals surface area contributed by atoms with Gasteiger partial charge in [0.2, 0.25) is 10.0 Å². The maximum absolute atomic E-state index is 13.0. The van der Waals surface area contributed by atoms with E-state index in [4.69, 9.17) is 11.6 Å². The first-order chi connectivity index (χ1) is 13.6. The molecule has 0 radical (unpaired) electrons. The molecular weight excluding hydrogens is 422 g/mol. The standard InChI is InChI=1S/C17H20ClN5O5S/c1-11-16(12(2)20-19-11)29(27,28)22-7-3-6-21(8-9-22)17(24)14-10-13(23(25)26)4-5-15(14)18/h4-5,10H,3,6-9H2,1-2H3,(H,19,20). The number of nitro benzene ring substituents is 1. The van der Waals surface area contributed by atoms with E-state index < -0.39 is 20.9 Å². The second-order valence-corrected chi connectivity index (χ2v) is 9.02. The van der Waals surface area contributed by atoms with Crippen LogP contribution in [0.5, 0.6) is 0 Å². The molecule has 0 aliphatic carbocycles. The highest BCUT2D eigenvalue weighted by molar-refractivity contribution is 7.89. The lowest BCUT2D eigenvalue weighted by atomic mass is 10.1. The number of aryl methyl sites for hydroxylation is 2. The number of sulfonamides is 1. The minimum absolute atomic E-state index is 0.0266. The van der Waals surface area contributed by atoms with E-state index in [9.17, 15) is 23.3 Å². The highest BCUT2D eigenvalue weighted by atomic mass is 35.5. The number of amides is 1. The van der Waals surface area contributed by atoms with E-state index >= 15 is 0 Å². The highest BCUT2D eigenvalue weighted by Gasteiger charge is 2.32. The first-order valence-electron chi connectivity index (χ1n) is 8.88. The zero-order valence-electron chi connectivity index (χ0n) is 15.9. The SMILES string of the molecule is Cc1n[nH]c(C)c1S(=O)(=O)N1CCCN(C(=O)c2cc([N+](=O)[O-])ccc2Cl)CC1. The van der Waals surface area contributed by atoms with Gasteiger partial charge in [0.15, 0.2) is 0 Å². The maximum atomic E-state index is 13.0. The van der Waals surface area contributed by atoms with Gasteiger partial charge in [-0.1, -0.05) is 11.6 Å². The van der Waals surface area contributed by atoms with Crippen molar-refractivity contribution < 1.29 is 18.1 Å². The number of hydrogen-bond acceptors (Lipinski definition) is 6. The Balaban J connectivity index is 1.81. The van der Waals surface area contributed by atoms with Gasteiger partial charge < -0.3 is 4.90 Å². The Morgan fingerprint density at radius 2 is 1.97 bits per heavy atom. The van der Waals surface area contributed by atoms with Crippen molar-refractivity contribution in [2.24, 2.45) is 0 Å². The molecule has 0 unspecified atom stereocenters. The fourth-order valence-corrected chi connectivity index (χ4v) is 5.35. The normalized spacial score (nSPS) is 15.9. The van der Waals surface area contributed by atoms with E-state index in [-0.39, 0.29) is 40.8 Å². The van der Waals surface area contributed by atoms with Crippen molar-refractivity contribution in [3.63, 3.8) is 0 Å². The van der Waals surface area contributed by atoms with Crippen molar-refractivity contribution in [3.05, 3.63) is 50.3 Å². The third kappa shape index (κ3) is 4.11. The number of nitrogens with zero attached hydrogens (tertiary/aromatic N) is 4. The number of aromatic amines is 1. The molecule has 0 spiro atoms. The molecule has 0 bridgehead atoms. The number of carbonyl (C=O) groups is 1. The van der Waals surface area contributed by atoms with Gasteiger partial charge in [-0.25, -0.2) is 8.42 Å². The Morgan fingerprint density at radius 1 is 1.24 bits per heavy atom. The molecule has 156 valence electrons. The van der Waals surface area contributed by atoms with Gasteiger partial charge in [0.25, 0.3) is 11.6 Å². The predicted octanol–water partition coefficient (Wildman–Crippen LogP) is 2.12. The molecule has 1 amide bonds. The molecule has 1 fully saturated rings. The molecule has 2 heterocycles. The summed E-state index contributed by atoms with van der Waals surface area (Å²) in [7, 11) is -3.76. The molecule has 2 aromatic rings. The molecule has 0 atom stereocenters. The summed E-state index contributed by atoms with van der Waals surface area (Å²) in [6.07, 6.45) is 0.424. The van der Waals surface area contributed by atoms with Crippen LogP contribution in [0.4, 0.5) is 5.69 Å². The Bertz CT molecular complexity index is 1050. The number of halogens is 1. The monoisotopic (exact) mass is 441 g/mol. The summed E-state index contributed by atoms with van der Waals surface area (Å²) in [6.45, 7) is 4.07. The number of benzene rings is 1. The number of nitro groups is 1. The lowest BCUT2D eigenvalue weighted by molar-refractivity contribution is -0.384. The first-order valence-corrected chi connectivity index (χ1v) is 10.7. The summed E-state index contributed by atoms with van der Waals surface area (Å²) in [5.41, 5.74) is 0.646. The predicted molar refractivity (Wildman–Crippen MR) is 105 cm³/mol. The molecule has 1 aromatic heterocycles. The fourth-order valence-electron chi connectivity index (χ4n) is 3.35. The second kappa shape index (κ2) is 8.09. The van der Waals surface area contributed by atoms with Gasteiger partial charge in [-0.2, -0.15) is 9.40 Å². The zero-order valence-corrected chi connectivity index (χ0v) is 17.5. The highest BCUT2D eigenvalue weighted by Crippen LogP contribution is 2.26. The maximum Gasteiger partial charge on any atom is 0.270 e. The number of nitrogens with one attached hydrogen (secondary N) is 1. The average Bonchev–Trinajstić information content (AvgIpc) is 2.86. The van der Waals surface area contributed by atoms with E-state index in [1.165, 1.54) is 21.3 Å². The minimum Gasteiger partial charge on any atom is -0.337 e. The average molecular weight is 442 g/mol. The zero-order chi connectivity index (χ0) is 21.3. The number of H-pyrrole nitrogens is 1. The topological polar surface area (TPSA) is 130 Å². The molecule has 1 aromatic carbocycles. The van der Waals surface area contributed by atoms with Crippen molar-refractivity contribution in [1.82, 2.24) is 19.4 Å². The van der Waals surface area contributed by atoms with Crippen LogP contribution >= 0.6 is 11.6 Å². The summed E-state index contributed by atoms with van der Waals surface area (Å²) in [5, 5.41) is 17.7. The van der Waals surface area contributed by atoms with Crippen LogP contribution in [0.15, 0.2) is 23.1 Å². The van der Waals surface area contributed by atoms with E-state index in [2.05, 4.69) is 10.2 Å². The van der Waals surface area contributed by atoms with Crippen molar-refractivity contribution >= 4 is 33.2 Å². The Morgan fingerprint density at radius 3 is 2.59 bits per heavy atom. The van der Waals surface area contributed by atoms with Crippen LogP contribution in [-0.2, 0) is 10.0 Å². The third-order valence-electron chi connectivity index (χ3n) is 4.79. The van der Waals surface area contributed by atoms with Gasteiger partial charge in [-0.3, -0.25) is 20.0 Å². The summed E-state index contributed by atoms with van der Waals surface area (Å²) in [5.74, 6) is -0.464. The summed E-state index contributed by atoms with van der Waals surface area (Å²) in [6, 6.07) is 3.68. The van der Waals surface area contributed by atoms with E-state index in [0.717, 1.165) is 6.07 Å². The second-order valence-electron chi connectivity index (χ2n) is 6.73. The van der Waals surface area contributed by atoms with Crippen LogP contribution in [0.25, 0.3) is 0 Å². The van der Waals surface area contributed by atoms with Crippen molar-refractivity contribution in [2.45, 2.75) is 25.2 Å². The van der Waals surface area contributed by atoms with E-state index in [1.54, 1.807) is 13.8 Å². The molecule has 29 heavy (non-hydrogen) atoms. The van der Waals surface area contributed by atoms with Gasteiger partial charge in [-0.05, 0) is 26.3 Å². The summed E-state index contributed by atoms with van der Waals surface area (Å²) in [4.78, 5) is 24.9. The first kappa shape index (κ1) is 21.2. The van der Waals surface area contributed by atoms with Gasteiger partial charge in [0.1, 0.15) is 4.90 Å². The number of carbonyl (C=O) groups excluding carboxylic acids is 1. The molecule has 10 nitrogen and oxygen atoms in total. The van der Waals surface area contributed by atoms with Crippen LogP contribution in [0.1, 0.15) is 28.2 Å². The number of hydrogen-bond donors (Lipinski definition) is 1. The van der Waals surface area contributed by atoms with Gasteiger partial charge in [-0.15, -0.1) is 0 Å². The number of non-ortho nitro benzene ring substituents is 1. The van der Waals surface area contributed by atoms with Crippen LogP contribution in [0, 0.1) is 24.0 Å². The third-order valence-corrected chi connectivity index (χ3v) is 7.28. The quantitative estimate of drug-likeness (QED) is 0.571. The molecule has 1 aliphatic rings. The van der Waals surface area contributed by atoms with Gasteiger partial charge >= 0.3 is 0 Å². The van der Waals surface area contributed by atoms with Crippen molar-refractivity contribution in [3.8, 4) is 0 Å². The fraction of sp³-hybridized carbons (Fsp3) is 0.412. The largest absolute Gasteiger partial charge is 0.337 e. The molecule has 3 rings (SSSR count). The lowest BCUT2D eigenvalue weighted by Gasteiger charge is -2.22. The van der Waals surface area contributed by atoms with E-state index in [0.29, 0.717) is 24.4 Å². The van der Waals surface area contributed by atoms with Gasteiger partial charge in [0, 0.05) is 38.3 Å². The van der Waals surface area contributed by atoms with Crippen LogP contribution in [0.3, 0.4) is 0 Å². The summed E-state index contributed by atoms with van der Waals surface area (Å²) < 4.78 is 27.4. The molecule has 1 N–H and O–H groups in total.